The molecule has 1 aromatic carbocycles. The van der Waals surface area contributed by atoms with Crippen LogP contribution in [0.5, 0.6) is 5.75 Å². The molecule has 1 unspecified atom stereocenters. The van der Waals surface area contributed by atoms with Gasteiger partial charge in [-0.1, -0.05) is 19.9 Å². The van der Waals surface area contributed by atoms with Gasteiger partial charge in [-0.2, -0.15) is 0 Å². The van der Waals surface area contributed by atoms with Gasteiger partial charge in [0.2, 0.25) is 0 Å². The molecule has 0 aromatic heterocycles. The number of hydrogen-bond acceptors (Lipinski definition) is 4. The number of nitro benzene ring substituents is 1. The van der Waals surface area contributed by atoms with Gasteiger partial charge in [0, 0.05) is 7.05 Å². The van der Waals surface area contributed by atoms with E-state index in [0.29, 0.717) is 17.4 Å². The van der Waals surface area contributed by atoms with E-state index in [1.807, 2.05) is 6.92 Å². The van der Waals surface area contributed by atoms with Crippen LogP contribution in [0.2, 0.25) is 0 Å². The van der Waals surface area contributed by atoms with Crippen molar-refractivity contribution < 1.29 is 9.66 Å². The van der Waals surface area contributed by atoms with Gasteiger partial charge in [-0.05, 0) is 31.4 Å². The maximum atomic E-state index is 11.1. The Morgan fingerprint density at radius 1 is 1.39 bits per heavy atom. The number of ether oxygens (including phenoxy) is 1. The standard InChI is InChI=1S/C13H20N2O3/c1-9(2)8-10(3)18-12-7-5-6-11(14-4)13(12)15(16)17/h5-7,9-10,14H,8H2,1-4H3. The Labute approximate surface area is 107 Å². The third kappa shape index (κ3) is 3.61. The Kier molecular flexibility index (Phi) is 4.95. The van der Waals surface area contributed by atoms with Crippen LogP contribution in [-0.4, -0.2) is 18.1 Å². The summed E-state index contributed by atoms with van der Waals surface area (Å²) in [5.74, 6) is 0.812. The van der Waals surface area contributed by atoms with E-state index in [1.54, 1.807) is 25.2 Å². The number of nitro groups is 1. The van der Waals surface area contributed by atoms with E-state index in [4.69, 9.17) is 4.74 Å². The van der Waals surface area contributed by atoms with Crippen molar-refractivity contribution in [2.24, 2.45) is 5.92 Å². The van der Waals surface area contributed by atoms with Crippen LogP contribution in [0.4, 0.5) is 11.4 Å². The molecule has 100 valence electrons. The van der Waals surface area contributed by atoms with Crippen molar-refractivity contribution in [2.45, 2.75) is 33.3 Å². The Bertz CT molecular complexity index is 419. The fraction of sp³-hybridized carbons (Fsp3) is 0.538. The second-order valence-electron chi connectivity index (χ2n) is 4.72. The molecule has 0 aliphatic rings. The SMILES string of the molecule is CNc1cccc(OC(C)CC(C)C)c1[N+](=O)[O-]. The Morgan fingerprint density at radius 2 is 2.06 bits per heavy atom. The monoisotopic (exact) mass is 252 g/mol. The molecule has 0 amide bonds. The minimum absolute atomic E-state index is 0.00407. The highest BCUT2D eigenvalue weighted by Gasteiger charge is 2.21. The van der Waals surface area contributed by atoms with Gasteiger partial charge in [-0.25, -0.2) is 0 Å². The molecule has 0 aliphatic heterocycles. The van der Waals surface area contributed by atoms with Gasteiger partial charge >= 0.3 is 5.69 Å². The van der Waals surface area contributed by atoms with Crippen LogP contribution >= 0.6 is 0 Å². The lowest BCUT2D eigenvalue weighted by Gasteiger charge is -2.17. The summed E-state index contributed by atoms with van der Waals surface area (Å²) in [5.41, 5.74) is 0.463. The van der Waals surface area contributed by atoms with E-state index in [-0.39, 0.29) is 11.8 Å². The quantitative estimate of drug-likeness (QED) is 0.622. The molecule has 0 radical (unpaired) electrons. The van der Waals surface area contributed by atoms with Crippen LogP contribution in [0.3, 0.4) is 0 Å². The molecule has 0 bridgehead atoms. The molecule has 0 aliphatic carbocycles. The highest BCUT2D eigenvalue weighted by atomic mass is 16.6. The van der Waals surface area contributed by atoms with Crippen LogP contribution in [0.15, 0.2) is 18.2 Å². The highest BCUT2D eigenvalue weighted by molar-refractivity contribution is 5.68. The lowest BCUT2D eigenvalue weighted by molar-refractivity contribution is -0.385. The first-order valence-electron chi connectivity index (χ1n) is 6.07. The van der Waals surface area contributed by atoms with Crippen LogP contribution in [0, 0.1) is 16.0 Å². The molecule has 0 spiro atoms. The summed E-state index contributed by atoms with van der Waals surface area (Å²) in [6, 6.07) is 5.05. The lowest BCUT2D eigenvalue weighted by Crippen LogP contribution is -2.15. The number of rotatable bonds is 6. The molecule has 1 rings (SSSR count). The highest BCUT2D eigenvalue weighted by Crippen LogP contribution is 2.35. The van der Waals surface area contributed by atoms with Crippen molar-refractivity contribution >= 4 is 11.4 Å². The number of para-hydroxylation sites is 1. The topological polar surface area (TPSA) is 64.4 Å². The van der Waals surface area contributed by atoms with Crippen molar-refractivity contribution in [1.82, 2.24) is 0 Å². The van der Waals surface area contributed by atoms with Gasteiger partial charge in [-0.15, -0.1) is 0 Å². The molecular weight excluding hydrogens is 232 g/mol. The molecule has 0 saturated heterocycles. The third-order valence-corrected chi connectivity index (χ3v) is 2.58. The van der Waals surface area contributed by atoms with E-state index < -0.39 is 4.92 Å². The van der Waals surface area contributed by atoms with E-state index in [2.05, 4.69) is 19.2 Å². The first-order valence-corrected chi connectivity index (χ1v) is 6.07. The van der Waals surface area contributed by atoms with Crippen LogP contribution in [-0.2, 0) is 0 Å². The van der Waals surface area contributed by atoms with Crippen LogP contribution < -0.4 is 10.1 Å². The van der Waals surface area contributed by atoms with Crippen LogP contribution in [0.25, 0.3) is 0 Å². The average Bonchev–Trinajstić information content (AvgIpc) is 2.26. The molecule has 5 nitrogen and oxygen atoms in total. The maximum absolute atomic E-state index is 11.1. The average molecular weight is 252 g/mol. The summed E-state index contributed by atoms with van der Waals surface area (Å²) < 4.78 is 5.68. The molecule has 0 heterocycles. The fourth-order valence-electron chi connectivity index (χ4n) is 1.94. The molecular formula is C13H20N2O3. The number of benzene rings is 1. The molecule has 1 N–H and O–H groups in total. The summed E-state index contributed by atoms with van der Waals surface area (Å²) >= 11 is 0. The summed E-state index contributed by atoms with van der Waals surface area (Å²) in [4.78, 5) is 10.7. The third-order valence-electron chi connectivity index (χ3n) is 2.58. The van der Waals surface area contributed by atoms with Gasteiger partial charge in [0.1, 0.15) is 5.69 Å². The van der Waals surface area contributed by atoms with Crippen molar-refractivity contribution in [3.05, 3.63) is 28.3 Å². The number of nitrogens with one attached hydrogen (secondary N) is 1. The Morgan fingerprint density at radius 3 is 2.56 bits per heavy atom. The number of nitrogens with zero attached hydrogens (tertiary/aromatic N) is 1. The fourth-order valence-corrected chi connectivity index (χ4v) is 1.94. The first kappa shape index (κ1) is 14.3. The van der Waals surface area contributed by atoms with E-state index in [9.17, 15) is 10.1 Å². The normalized spacial score (nSPS) is 12.3. The van der Waals surface area contributed by atoms with E-state index in [0.717, 1.165) is 6.42 Å². The predicted octanol–water partition coefficient (Wildman–Crippen LogP) is 3.45. The van der Waals surface area contributed by atoms with Crippen molar-refractivity contribution in [2.75, 3.05) is 12.4 Å². The van der Waals surface area contributed by atoms with Crippen molar-refractivity contribution in [1.29, 1.82) is 0 Å². The van der Waals surface area contributed by atoms with Gasteiger partial charge in [0.15, 0.2) is 5.75 Å². The zero-order valence-electron chi connectivity index (χ0n) is 11.3. The lowest BCUT2D eigenvalue weighted by atomic mass is 10.1. The smallest absolute Gasteiger partial charge is 0.333 e. The summed E-state index contributed by atoms with van der Waals surface area (Å²) in [6.45, 7) is 6.12. The van der Waals surface area contributed by atoms with Gasteiger partial charge < -0.3 is 10.1 Å². The molecule has 1 aromatic rings. The van der Waals surface area contributed by atoms with Crippen molar-refractivity contribution in [3.8, 4) is 5.75 Å². The molecule has 0 saturated carbocycles. The molecule has 18 heavy (non-hydrogen) atoms. The minimum Gasteiger partial charge on any atom is -0.484 e. The van der Waals surface area contributed by atoms with Crippen LogP contribution in [0.1, 0.15) is 27.2 Å². The molecule has 0 fully saturated rings. The zero-order valence-corrected chi connectivity index (χ0v) is 11.3. The van der Waals surface area contributed by atoms with E-state index in [1.165, 1.54) is 0 Å². The Hall–Kier alpha value is -1.78. The number of hydrogen-bond donors (Lipinski definition) is 1. The summed E-state index contributed by atoms with van der Waals surface area (Å²) in [6.07, 6.45) is 0.816. The number of anilines is 1. The largest absolute Gasteiger partial charge is 0.484 e. The maximum Gasteiger partial charge on any atom is 0.333 e. The molecule has 5 heteroatoms. The second kappa shape index (κ2) is 6.23. The van der Waals surface area contributed by atoms with Gasteiger partial charge in [0.05, 0.1) is 11.0 Å². The van der Waals surface area contributed by atoms with Gasteiger partial charge in [0.25, 0.3) is 0 Å². The minimum atomic E-state index is -0.413. The Balaban J connectivity index is 2.98. The van der Waals surface area contributed by atoms with Crippen molar-refractivity contribution in [3.63, 3.8) is 0 Å². The van der Waals surface area contributed by atoms with E-state index >= 15 is 0 Å². The van der Waals surface area contributed by atoms with Gasteiger partial charge in [-0.3, -0.25) is 10.1 Å². The predicted molar refractivity (Wildman–Crippen MR) is 72.2 cm³/mol. The first-order chi connectivity index (χ1) is 8.45. The zero-order chi connectivity index (χ0) is 13.7. The second-order valence-corrected chi connectivity index (χ2v) is 4.72. The summed E-state index contributed by atoms with van der Waals surface area (Å²) in [7, 11) is 1.66. The molecule has 1 atom stereocenters. The summed E-state index contributed by atoms with van der Waals surface area (Å²) in [5, 5.41) is 13.9.